The zero-order valence-corrected chi connectivity index (χ0v) is 21.9. The molecule has 0 spiro atoms. The maximum atomic E-state index is 12.9. The van der Waals surface area contributed by atoms with Crippen LogP contribution in [0, 0.1) is 5.21 Å². The molecule has 1 unspecified atom stereocenters. The second-order valence-electron chi connectivity index (χ2n) is 10.0. The van der Waals surface area contributed by atoms with E-state index in [1.165, 1.54) is 24.7 Å². The third-order valence-electron chi connectivity index (χ3n) is 7.02. The van der Waals surface area contributed by atoms with Crippen LogP contribution in [0.2, 0.25) is 0 Å². The first-order chi connectivity index (χ1) is 18.4. The standard InChI is InChI=1S/C25H28N6O8/c1-13(30-34)35-21-24(5,17-7-6-16-20(26)28-12-29-31(16)17)38-19-18(25(19,21)37-14(2)32)36-22(33)39-23(3,4)15-8-10-27-11-9-15/h6-12,18-19,21,30H,1-5H3,(H2-,26,28,29,34)/b30-13-/t18?,19-,21+,24+,25-/m1/s1. The van der Waals surface area contributed by atoms with Gasteiger partial charge in [-0.15, -0.1) is 0 Å². The largest absolute Gasteiger partial charge is 0.623 e. The molecule has 206 valence electrons. The molecule has 5 rings (SSSR count). The molecular weight excluding hydrogens is 512 g/mol. The number of nitrogens with one attached hydrogen (secondary N) is 1. The second-order valence-corrected chi connectivity index (χ2v) is 10.0. The predicted molar refractivity (Wildman–Crippen MR) is 133 cm³/mol. The Labute approximate surface area is 222 Å². The van der Waals surface area contributed by atoms with Crippen LogP contribution in [-0.2, 0) is 39.7 Å². The van der Waals surface area contributed by atoms with Gasteiger partial charge in [0.1, 0.15) is 29.2 Å². The molecule has 3 N–H and O–H groups in total. The summed E-state index contributed by atoms with van der Waals surface area (Å²) in [6.07, 6.45) is 0.240. The van der Waals surface area contributed by atoms with Gasteiger partial charge in [0.25, 0.3) is 0 Å². The number of nitrogen functional groups attached to an aromatic ring is 1. The fraction of sp³-hybridized carbons (Fsp3) is 0.440. The summed E-state index contributed by atoms with van der Waals surface area (Å²) in [6.45, 7) is 7.70. The number of carbonyl (C=O) groups is 2. The summed E-state index contributed by atoms with van der Waals surface area (Å²) in [7, 11) is 0. The molecule has 1 aliphatic heterocycles. The SMILES string of the molecule is CC(=O)O[C@]12C(OC(=O)OC(C)(C)c3ccncc3)[C@H]1O[C@@](C)(c1ccc3c(N)ncnn13)[C@@H]2O/C(C)=[NH+]\[O-]. The van der Waals surface area contributed by atoms with Crippen molar-refractivity contribution < 1.29 is 38.4 Å². The van der Waals surface area contributed by atoms with Crippen LogP contribution in [0.4, 0.5) is 10.6 Å². The van der Waals surface area contributed by atoms with E-state index in [-0.39, 0.29) is 11.7 Å². The first-order valence-electron chi connectivity index (χ1n) is 12.1. The maximum Gasteiger partial charge on any atom is 0.509 e. The van der Waals surface area contributed by atoms with Crippen molar-refractivity contribution in [2.45, 2.75) is 69.7 Å². The lowest BCUT2D eigenvalue weighted by molar-refractivity contribution is -0.390. The molecule has 14 heteroatoms. The van der Waals surface area contributed by atoms with Gasteiger partial charge in [0.2, 0.25) is 5.60 Å². The van der Waals surface area contributed by atoms with E-state index >= 15 is 0 Å². The number of ether oxygens (including phenoxy) is 5. The summed E-state index contributed by atoms with van der Waals surface area (Å²) in [5.74, 6) is -0.554. The van der Waals surface area contributed by atoms with Gasteiger partial charge in [0.05, 0.1) is 12.6 Å². The Balaban J connectivity index is 1.49. The van der Waals surface area contributed by atoms with Crippen LogP contribution in [-0.4, -0.2) is 61.5 Å². The van der Waals surface area contributed by atoms with Crippen LogP contribution >= 0.6 is 0 Å². The summed E-state index contributed by atoms with van der Waals surface area (Å²) in [5.41, 5.74) is 3.70. The molecule has 3 aromatic heterocycles. The van der Waals surface area contributed by atoms with E-state index in [2.05, 4.69) is 15.1 Å². The lowest BCUT2D eigenvalue weighted by atomic mass is 9.90. The molecule has 0 bridgehead atoms. The first-order valence-corrected chi connectivity index (χ1v) is 12.1. The van der Waals surface area contributed by atoms with Crippen LogP contribution < -0.4 is 10.9 Å². The van der Waals surface area contributed by atoms with Gasteiger partial charge in [0.15, 0.2) is 18.0 Å². The molecule has 2 fully saturated rings. The lowest BCUT2D eigenvalue weighted by Gasteiger charge is -2.35. The van der Waals surface area contributed by atoms with E-state index in [4.69, 9.17) is 29.4 Å². The Bertz CT molecular complexity index is 1460. The molecule has 39 heavy (non-hydrogen) atoms. The van der Waals surface area contributed by atoms with Crippen molar-refractivity contribution >= 4 is 29.4 Å². The number of carbonyl (C=O) groups excluding carboxylic acids is 2. The summed E-state index contributed by atoms with van der Waals surface area (Å²) < 4.78 is 30.9. The molecule has 3 aromatic rings. The monoisotopic (exact) mass is 540 g/mol. The van der Waals surface area contributed by atoms with Gasteiger partial charge in [0, 0.05) is 19.3 Å². The Morgan fingerprint density at radius 1 is 1.18 bits per heavy atom. The lowest BCUT2D eigenvalue weighted by Crippen LogP contribution is -2.67. The summed E-state index contributed by atoms with van der Waals surface area (Å²) >= 11 is 0. The third kappa shape index (κ3) is 4.16. The predicted octanol–water partition coefficient (Wildman–Crippen LogP) is 0.475. The Morgan fingerprint density at radius 3 is 2.56 bits per heavy atom. The topological polar surface area (TPSA) is 186 Å². The number of anilines is 1. The van der Waals surface area contributed by atoms with Gasteiger partial charge in [-0.25, -0.2) is 14.3 Å². The zero-order valence-electron chi connectivity index (χ0n) is 21.9. The normalized spacial score (nSPS) is 28.0. The minimum atomic E-state index is -1.60. The van der Waals surface area contributed by atoms with Crippen LogP contribution in [0.1, 0.15) is 45.9 Å². The van der Waals surface area contributed by atoms with E-state index in [0.29, 0.717) is 16.8 Å². The number of aromatic nitrogens is 4. The molecule has 0 amide bonds. The summed E-state index contributed by atoms with van der Waals surface area (Å²) in [4.78, 5) is 33.2. The first kappa shape index (κ1) is 26.2. The molecule has 2 aliphatic rings. The number of rotatable bonds is 6. The van der Waals surface area contributed by atoms with E-state index in [1.54, 1.807) is 62.6 Å². The van der Waals surface area contributed by atoms with Crippen LogP contribution in [0.25, 0.3) is 5.52 Å². The highest BCUT2D eigenvalue weighted by molar-refractivity contribution is 5.71. The van der Waals surface area contributed by atoms with Crippen molar-refractivity contribution in [1.82, 2.24) is 19.6 Å². The Kier molecular flexibility index (Phi) is 6.09. The number of hydrogen-bond donors (Lipinski definition) is 2. The Morgan fingerprint density at radius 2 is 1.90 bits per heavy atom. The van der Waals surface area contributed by atoms with Crippen molar-refractivity contribution in [3.05, 3.63) is 59.5 Å². The van der Waals surface area contributed by atoms with Crippen molar-refractivity contribution in [3.63, 3.8) is 0 Å². The van der Waals surface area contributed by atoms with Crippen LogP contribution in [0.3, 0.4) is 0 Å². The summed E-state index contributed by atoms with van der Waals surface area (Å²) in [6, 6.07) is 6.84. The van der Waals surface area contributed by atoms with E-state index < -0.39 is 47.2 Å². The third-order valence-corrected chi connectivity index (χ3v) is 7.02. The maximum absolute atomic E-state index is 12.9. The number of hydrogen-bond acceptors (Lipinski definition) is 12. The average molecular weight is 541 g/mol. The highest BCUT2D eigenvalue weighted by atomic mass is 16.8. The van der Waals surface area contributed by atoms with Gasteiger partial charge in [-0.1, -0.05) is 0 Å². The molecule has 4 heterocycles. The highest BCUT2D eigenvalue weighted by Gasteiger charge is 2.87. The number of nitrogens with zero attached hydrogens (tertiary/aromatic N) is 4. The fourth-order valence-corrected chi connectivity index (χ4v) is 5.18. The zero-order chi connectivity index (χ0) is 28.2. The highest BCUT2D eigenvalue weighted by Crippen LogP contribution is 2.62. The molecule has 14 nitrogen and oxygen atoms in total. The second kappa shape index (κ2) is 9.08. The molecule has 0 radical (unpaired) electrons. The quantitative estimate of drug-likeness (QED) is 0.145. The van der Waals surface area contributed by atoms with Crippen LogP contribution in [0.5, 0.6) is 0 Å². The minimum Gasteiger partial charge on any atom is -0.623 e. The van der Waals surface area contributed by atoms with Crippen LogP contribution in [0.15, 0.2) is 43.0 Å². The molecule has 0 aromatic carbocycles. The fourth-order valence-electron chi connectivity index (χ4n) is 5.18. The average Bonchev–Trinajstić information content (AvgIpc) is 3.18. The van der Waals surface area contributed by atoms with Gasteiger partial charge in [-0.05, 0) is 50.6 Å². The van der Waals surface area contributed by atoms with Crippen molar-refractivity contribution in [2.24, 2.45) is 0 Å². The van der Waals surface area contributed by atoms with Crippen molar-refractivity contribution in [1.29, 1.82) is 0 Å². The number of fused-ring (bicyclic) bond motifs is 2. The Hall–Kier alpha value is -4.46. The number of pyridine rings is 1. The van der Waals surface area contributed by atoms with Crippen molar-refractivity contribution in [2.75, 3.05) is 5.73 Å². The molecule has 1 saturated heterocycles. The molecule has 5 atom stereocenters. The minimum absolute atomic E-state index is 0.121. The molecular formula is C25H28N6O8. The molecule has 1 aliphatic carbocycles. The van der Waals surface area contributed by atoms with E-state index in [0.717, 1.165) is 0 Å². The van der Waals surface area contributed by atoms with Gasteiger partial charge >= 0.3 is 18.0 Å². The van der Waals surface area contributed by atoms with Gasteiger partial charge < -0.3 is 34.6 Å². The number of esters is 1. The van der Waals surface area contributed by atoms with Gasteiger partial charge in [-0.3, -0.25) is 9.78 Å². The smallest absolute Gasteiger partial charge is 0.509 e. The van der Waals surface area contributed by atoms with Crippen molar-refractivity contribution in [3.8, 4) is 0 Å². The van der Waals surface area contributed by atoms with Gasteiger partial charge in [-0.2, -0.15) is 10.3 Å². The summed E-state index contributed by atoms with van der Waals surface area (Å²) in [5, 5.41) is 17.4. The number of nitrogens with two attached hydrogens (primary N) is 1. The van der Waals surface area contributed by atoms with E-state index in [9.17, 15) is 14.8 Å². The van der Waals surface area contributed by atoms with E-state index in [1.807, 2.05) is 0 Å². The molecule has 1 saturated carbocycles.